The first kappa shape index (κ1) is 12.5. The first-order chi connectivity index (χ1) is 6.97. The van der Waals surface area contributed by atoms with Gasteiger partial charge in [0.15, 0.2) is 0 Å². The second-order valence-electron chi connectivity index (χ2n) is 3.02. The first-order valence-electron chi connectivity index (χ1n) is 4.42. The molecule has 1 nitrogen and oxygen atoms in total. The van der Waals surface area contributed by atoms with Gasteiger partial charge < -0.3 is 0 Å². The Morgan fingerprint density at radius 3 is 2.27 bits per heavy atom. The Morgan fingerprint density at radius 1 is 1.13 bits per heavy atom. The number of halogens is 4. The third-order valence-electron chi connectivity index (χ3n) is 1.79. The minimum absolute atomic E-state index is 0.292. The molecule has 5 heteroatoms. The van der Waals surface area contributed by atoms with Crippen molar-refractivity contribution in [1.82, 2.24) is 0 Å². The number of alkyl halides is 3. The number of rotatable bonds is 4. The molecular weight excluding hydrogens is 273 g/mol. The summed E-state index contributed by atoms with van der Waals surface area (Å²) in [4.78, 5) is 0. The number of hydrogen-bond donors (Lipinski definition) is 0. The van der Waals surface area contributed by atoms with E-state index < -0.39 is 6.36 Å². The zero-order valence-corrected chi connectivity index (χ0v) is 9.44. The summed E-state index contributed by atoms with van der Waals surface area (Å²) in [5, 5.41) is 0. The van der Waals surface area contributed by atoms with Crippen molar-refractivity contribution < 1.29 is 17.9 Å². The van der Waals surface area contributed by atoms with Crippen LogP contribution in [0.4, 0.5) is 13.2 Å². The maximum atomic E-state index is 11.6. The summed E-state index contributed by atoms with van der Waals surface area (Å²) < 4.78 is 39.4. The molecule has 0 aliphatic carbocycles. The van der Waals surface area contributed by atoms with Crippen LogP contribution in [0.2, 0.25) is 0 Å². The van der Waals surface area contributed by atoms with Gasteiger partial charge in [0.1, 0.15) is 0 Å². The number of aryl methyl sites for hydroxylation is 1. The highest BCUT2D eigenvalue weighted by molar-refractivity contribution is 9.10. The molecule has 0 unspecified atom stereocenters. The normalized spacial score (nSPS) is 11.7. The van der Waals surface area contributed by atoms with E-state index >= 15 is 0 Å². The lowest BCUT2D eigenvalue weighted by molar-refractivity contribution is -0.324. The zero-order valence-electron chi connectivity index (χ0n) is 7.85. The molecule has 0 aliphatic heterocycles. The lowest BCUT2D eigenvalue weighted by Gasteiger charge is -2.06. The van der Waals surface area contributed by atoms with Gasteiger partial charge in [-0.25, -0.2) is 0 Å². The SMILES string of the molecule is FC(F)(F)OCCCc1ccc(Br)cc1. The fourth-order valence-corrected chi connectivity index (χ4v) is 1.38. The zero-order chi connectivity index (χ0) is 11.3. The average Bonchev–Trinajstić information content (AvgIpc) is 2.14. The average molecular weight is 283 g/mol. The van der Waals surface area contributed by atoms with Crippen molar-refractivity contribution in [2.75, 3.05) is 6.61 Å². The van der Waals surface area contributed by atoms with E-state index in [9.17, 15) is 13.2 Å². The number of hydrogen-bond acceptors (Lipinski definition) is 1. The van der Waals surface area contributed by atoms with Gasteiger partial charge >= 0.3 is 6.36 Å². The Morgan fingerprint density at radius 2 is 1.73 bits per heavy atom. The van der Waals surface area contributed by atoms with Gasteiger partial charge in [0.05, 0.1) is 6.61 Å². The van der Waals surface area contributed by atoms with E-state index in [1.807, 2.05) is 24.3 Å². The molecule has 0 bridgehead atoms. The lowest BCUT2D eigenvalue weighted by atomic mass is 10.1. The molecule has 0 amide bonds. The van der Waals surface area contributed by atoms with E-state index in [0.717, 1.165) is 10.0 Å². The van der Waals surface area contributed by atoms with Crippen LogP contribution in [-0.4, -0.2) is 13.0 Å². The summed E-state index contributed by atoms with van der Waals surface area (Å²) in [6.07, 6.45) is -3.57. The highest BCUT2D eigenvalue weighted by atomic mass is 79.9. The van der Waals surface area contributed by atoms with Crippen LogP contribution in [0, 0.1) is 0 Å². The van der Waals surface area contributed by atoms with E-state index in [1.165, 1.54) is 0 Å². The van der Waals surface area contributed by atoms with Gasteiger partial charge in [-0.15, -0.1) is 13.2 Å². The van der Waals surface area contributed by atoms with E-state index in [2.05, 4.69) is 20.7 Å². The van der Waals surface area contributed by atoms with Crippen molar-refractivity contribution in [2.24, 2.45) is 0 Å². The van der Waals surface area contributed by atoms with Crippen molar-refractivity contribution in [1.29, 1.82) is 0 Å². The summed E-state index contributed by atoms with van der Waals surface area (Å²) in [6, 6.07) is 7.47. The van der Waals surface area contributed by atoms with Gasteiger partial charge in [-0.1, -0.05) is 28.1 Å². The quantitative estimate of drug-likeness (QED) is 0.761. The minimum atomic E-state index is -4.51. The highest BCUT2D eigenvalue weighted by Crippen LogP contribution is 2.17. The summed E-state index contributed by atoms with van der Waals surface area (Å²) in [5.74, 6) is 0. The second kappa shape index (κ2) is 5.51. The number of ether oxygens (including phenoxy) is 1. The Kier molecular flexibility index (Phi) is 4.60. The van der Waals surface area contributed by atoms with Gasteiger partial charge in [-0.05, 0) is 30.5 Å². The Bertz CT molecular complexity index is 295. The van der Waals surface area contributed by atoms with E-state index in [4.69, 9.17) is 0 Å². The van der Waals surface area contributed by atoms with Crippen molar-refractivity contribution in [3.8, 4) is 0 Å². The minimum Gasteiger partial charge on any atom is -0.292 e. The fraction of sp³-hybridized carbons (Fsp3) is 0.400. The van der Waals surface area contributed by atoms with Gasteiger partial charge in [0.2, 0.25) is 0 Å². The maximum Gasteiger partial charge on any atom is 0.522 e. The van der Waals surface area contributed by atoms with Gasteiger partial charge in [-0.2, -0.15) is 0 Å². The molecule has 1 rings (SSSR count). The van der Waals surface area contributed by atoms with Crippen molar-refractivity contribution in [2.45, 2.75) is 19.2 Å². The molecule has 0 saturated carbocycles. The fourth-order valence-electron chi connectivity index (χ4n) is 1.12. The van der Waals surface area contributed by atoms with Crippen LogP contribution in [0.15, 0.2) is 28.7 Å². The van der Waals surface area contributed by atoms with Gasteiger partial charge in [-0.3, -0.25) is 4.74 Å². The van der Waals surface area contributed by atoms with E-state index in [0.29, 0.717) is 12.8 Å². The third-order valence-corrected chi connectivity index (χ3v) is 2.32. The van der Waals surface area contributed by atoms with Crippen LogP contribution in [0.5, 0.6) is 0 Å². The molecule has 0 heterocycles. The molecule has 0 N–H and O–H groups in total. The predicted molar refractivity (Wildman–Crippen MR) is 54.5 cm³/mol. The molecule has 0 spiro atoms. The molecule has 84 valence electrons. The first-order valence-corrected chi connectivity index (χ1v) is 5.22. The molecule has 0 aromatic heterocycles. The lowest BCUT2D eigenvalue weighted by Crippen LogP contribution is -2.14. The standard InChI is InChI=1S/C10H10BrF3O/c11-9-5-3-8(4-6-9)2-1-7-15-10(12,13)14/h3-6H,1-2,7H2. The summed E-state index contributed by atoms with van der Waals surface area (Å²) in [6.45, 7) is -0.292. The predicted octanol–water partition coefficient (Wildman–Crippen LogP) is 3.92. The molecule has 1 aromatic rings. The van der Waals surface area contributed by atoms with Crippen LogP contribution < -0.4 is 0 Å². The van der Waals surface area contributed by atoms with Crippen LogP contribution in [0.1, 0.15) is 12.0 Å². The van der Waals surface area contributed by atoms with E-state index in [-0.39, 0.29) is 6.61 Å². The Balaban J connectivity index is 2.23. The smallest absolute Gasteiger partial charge is 0.292 e. The largest absolute Gasteiger partial charge is 0.522 e. The molecule has 0 radical (unpaired) electrons. The van der Waals surface area contributed by atoms with E-state index in [1.54, 1.807) is 0 Å². The van der Waals surface area contributed by atoms with Crippen LogP contribution in [0.3, 0.4) is 0 Å². The molecule has 15 heavy (non-hydrogen) atoms. The molecule has 0 fully saturated rings. The van der Waals surface area contributed by atoms with Crippen molar-refractivity contribution in [3.63, 3.8) is 0 Å². The molecule has 0 atom stereocenters. The van der Waals surface area contributed by atoms with Crippen LogP contribution in [0.25, 0.3) is 0 Å². The number of benzene rings is 1. The monoisotopic (exact) mass is 282 g/mol. The second-order valence-corrected chi connectivity index (χ2v) is 3.94. The summed E-state index contributed by atoms with van der Waals surface area (Å²) in [5.41, 5.74) is 1.00. The van der Waals surface area contributed by atoms with Gasteiger partial charge in [0, 0.05) is 4.47 Å². The Labute approximate surface area is 94.4 Å². The van der Waals surface area contributed by atoms with Crippen LogP contribution in [-0.2, 0) is 11.2 Å². The molecular formula is C10H10BrF3O. The third kappa shape index (κ3) is 5.79. The molecule has 0 aliphatic rings. The summed E-state index contributed by atoms with van der Waals surface area (Å²) >= 11 is 3.28. The molecule has 1 aromatic carbocycles. The highest BCUT2D eigenvalue weighted by Gasteiger charge is 2.28. The maximum absolute atomic E-state index is 11.6. The summed E-state index contributed by atoms with van der Waals surface area (Å²) in [7, 11) is 0. The van der Waals surface area contributed by atoms with Gasteiger partial charge in [0.25, 0.3) is 0 Å². The molecule has 0 saturated heterocycles. The van der Waals surface area contributed by atoms with Crippen molar-refractivity contribution >= 4 is 15.9 Å². The van der Waals surface area contributed by atoms with Crippen molar-refractivity contribution in [3.05, 3.63) is 34.3 Å². The van der Waals surface area contributed by atoms with Crippen LogP contribution >= 0.6 is 15.9 Å². The topological polar surface area (TPSA) is 9.23 Å². The Hall–Kier alpha value is -0.550.